The Morgan fingerprint density at radius 2 is 1.70 bits per heavy atom. The third-order valence-corrected chi connectivity index (χ3v) is 4.87. The highest BCUT2D eigenvalue weighted by Gasteiger charge is 2.30. The van der Waals surface area contributed by atoms with Crippen LogP contribution in [0.5, 0.6) is 5.75 Å². The Hall–Kier alpha value is -2.59. The zero-order chi connectivity index (χ0) is 20.1. The molecule has 2 aromatic rings. The van der Waals surface area contributed by atoms with Crippen molar-refractivity contribution < 1.29 is 31.1 Å². The lowest BCUT2D eigenvalue weighted by atomic mass is 10.1. The van der Waals surface area contributed by atoms with Crippen LogP contribution in [0.3, 0.4) is 0 Å². The van der Waals surface area contributed by atoms with Gasteiger partial charge >= 0.3 is 6.18 Å². The second-order valence-electron chi connectivity index (χ2n) is 5.50. The van der Waals surface area contributed by atoms with E-state index in [4.69, 9.17) is 4.74 Å². The fourth-order valence-electron chi connectivity index (χ4n) is 2.20. The predicted octanol–water partition coefficient (Wildman–Crippen LogP) is 2.72. The molecule has 27 heavy (non-hydrogen) atoms. The van der Waals surface area contributed by atoms with Crippen LogP contribution in [0.25, 0.3) is 0 Å². The first kappa shape index (κ1) is 20.7. The summed E-state index contributed by atoms with van der Waals surface area (Å²) >= 11 is 0. The highest BCUT2D eigenvalue weighted by atomic mass is 32.2. The maximum absolute atomic E-state index is 12.2. The molecule has 0 aliphatic rings. The van der Waals surface area contributed by atoms with Gasteiger partial charge in [0.2, 0.25) is 15.9 Å². The first-order chi connectivity index (χ1) is 12.6. The van der Waals surface area contributed by atoms with Crippen LogP contribution in [0.2, 0.25) is 0 Å². The Morgan fingerprint density at radius 1 is 1.07 bits per heavy atom. The van der Waals surface area contributed by atoms with Crippen molar-refractivity contribution in [3.05, 3.63) is 54.1 Å². The van der Waals surface area contributed by atoms with E-state index in [1.807, 2.05) is 0 Å². The molecule has 0 saturated heterocycles. The van der Waals surface area contributed by atoms with Crippen LogP contribution in [-0.4, -0.2) is 34.2 Å². The van der Waals surface area contributed by atoms with E-state index in [1.54, 1.807) is 24.3 Å². The number of rotatable bonds is 7. The minimum atomic E-state index is -4.65. The molecule has 10 heteroatoms. The average molecular weight is 402 g/mol. The summed E-state index contributed by atoms with van der Waals surface area (Å²) in [5.41, 5.74) is 0.984. The van der Waals surface area contributed by atoms with Gasteiger partial charge in [-0.15, -0.1) is 0 Å². The van der Waals surface area contributed by atoms with E-state index in [0.29, 0.717) is 17.0 Å². The highest BCUT2D eigenvalue weighted by Crippen LogP contribution is 2.20. The number of carbonyl (C=O) groups excluding carboxylic acids is 1. The highest BCUT2D eigenvalue weighted by molar-refractivity contribution is 7.89. The molecule has 0 unspecified atom stereocenters. The van der Waals surface area contributed by atoms with Gasteiger partial charge in [0.15, 0.2) is 0 Å². The number of sulfonamides is 1. The van der Waals surface area contributed by atoms with Gasteiger partial charge in [0.25, 0.3) is 0 Å². The molecule has 2 aromatic carbocycles. The van der Waals surface area contributed by atoms with Gasteiger partial charge in [-0.2, -0.15) is 13.2 Å². The smallest absolute Gasteiger partial charge is 0.402 e. The van der Waals surface area contributed by atoms with Crippen LogP contribution in [0.1, 0.15) is 5.56 Å². The van der Waals surface area contributed by atoms with Gasteiger partial charge in [0.1, 0.15) is 12.3 Å². The molecule has 0 radical (unpaired) electrons. The van der Waals surface area contributed by atoms with Crippen molar-refractivity contribution in [1.82, 2.24) is 4.72 Å². The van der Waals surface area contributed by atoms with Crippen molar-refractivity contribution in [2.75, 3.05) is 19.0 Å². The number of hydrogen-bond donors (Lipinski definition) is 2. The van der Waals surface area contributed by atoms with Gasteiger partial charge in [-0.3, -0.25) is 4.79 Å². The van der Waals surface area contributed by atoms with E-state index in [9.17, 15) is 26.4 Å². The molecule has 0 aromatic heterocycles. The predicted molar refractivity (Wildman–Crippen MR) is 93.0 cm³/mol. The summed E-state index contributed by atoms with van der Waals surface area (Å²) in [6, 6.07) is 11.8. The minimum absolute atomic E-state index is 0.0389. The molecule has 0 saturated carbocycles. The van der Waals surface area contributed by atoms with E-state index in [1.165, 1.54) is 24.0 Å². The maximum Gasteiger partial charge on any atom is 0.402 e. The summed E-state index contributed by atoms with van der Waals surface area (Å²) in [5, 5.41) is 2.59. The lowest BCUT2D eigenvalue weighted by molar-refractivity contribution is -0.121. The SMILES string of the molecule is COc1ccccc1CC(=O)Nc1ccc(S(=O)(=O)NCC(F)(F)F)cc1. The molecule has 0 spiro atoms. The molecule has 2 rings (SSSR count). The van der Waals surface area contributed by atoms with E-state index in [2.05, 4.69) is 5.32 Å². The van der Waals surface area contributed by atoms with Gasteiger partial charge in [-0.05, 0) is 30.3 Å². The number of anilines is 1. The van der Waals surface area contributed by atoms with Gasteiger partial charge in [-0.25, -0.2) is 13.1 Å². The normalized spacial score (nSPS) is 11.9. The molecule has 0 fully saturated rings. The topological polar surface area (TPSA) is 84.5 Å². The first-order valence-corrected chi connectivity index (χ1v) is 9.17. The van der Waals surface area contributed by atoms with E-state index in [0.717, 1.165) is 12.1 Å². The molecule has 0 heterocycles. The molecule has 2 N–H and O–H groups in total. The number of carbonyl (C=O) groups is 1. The number of para-hydroxylation sites is 1. The Labute approximate surface area is 154 Å². The zero-order valence-electron chi connectivity index (χ0n) is 14.2. The third-order valence-electron chi connectivity index (χ3n) is 3.45. The Bertz CT molecular complexity index is 897. The Balaban J connectivity index is 2.02. The van der Waals surface area contributed by atoms with Gasteiger partial charge in [0, 0.05) is 11.3 Å². The Kier molecular flexibility index (Phi) is 6.45. The number of methoxy groups -OCH3 is 1. The second kappa shape index (κ2) is 8.40. The summed E-state index contributed by atoms with van der Waals surface area (Å²) in [6.07, 6.45) is -4.61. The Morgan fingerprint density at radius 3 is 2.30 bits per heavy atom. The van der Waals surface area contributed by atoms with Crippen LogP contribution >= 0.6 is 0 Å². The number of amides is 1. The van der Waals surface area contributed by atoms with Crippen LogP contribution in [0, 0.1) is 0 Å². The van der Waals surface area contributed by atoms with Crippen molar-refractivity contribution in [3.8, 4) is 5.75 Å². The third kappa shape index (κ3) is 6.26. The van der Waals surface area contributed by atoms with Crippen molar-refractivity contribution >= 4 is 21.6 Å². The minimum Gasteiger partial charge on any atom is -0.496 e. The van der Waals surface area contributed by atoms with Crippen molar-refractivity contribution in [3.63, 3.8) is 0 Å². The van der Waals surface area contributed by atoms with Crippen molar-refractivity contribution in [2.45, 2.75) is 17.5 Å². The molecular weight excluding hydrogens is 385 g/mol. The summed E-state index contributed by atoms with van der Waals surface area (Å²) in [5.74, 6) is 0.204. The van der Waals surface area contributed by atoms with Crippen molar-refractivity contribution in [2.24, 2.45) is 0 Å². The van der Waals surface area contributed by atoms with Crippen LogP contribution in [0.15, 0.2) is 53.4 Å². The number of benzene rings is 2. The number of alkyl halides is 3. The zero-order valence-corrected chi connectivity index (χ0v) is 15.0. The van der Waals surface area contributed by atoms with E-state index >= 15 is 0 Å². The lowest BCUT2D eigenvalue weighted by Gasteiger charge is -2.11. The maximum atomic E-state index is 12.2. The van der Waals surface area contributed by atoms with Crippen LogP contribution in [-0.2, 0) is 21.2 Å². The summed E-state index contributed by atoms with van der Waals surface area (Å²) in [6.45, 7) is -1.66. The molecule has 0 bridgehead atoms. The number of nitrogens with one attached hydrogen (secondary N) is 2. The van der Waals surface area contributed by atoms with E-state index in [-0.39, 0.29) is 17.2 Å². The van der Waals surface area contributed by atoms with Crippen molar-refractivity contribution in [1.29, 1.82) is 0 Å². The average Bonchev–Trinajstić information content (AvgIpc) is 2.60. The number of halogens is 3. The largest absolute Gasteiger partial charge is 0.496 e. The molecule has 146 valence electrons. The number of hydrogen-bond acceptors (Lipinski definition) is 4. The molecule has 0 aliphatic heterocycles. The quantitative estimate of drug-likeness (QED) is 0.746. The van der Waals surface area contributed by atoms with Crippen LogP contribution in [0.4, 0.5) is 18.9 Å². The number of ether oxygens (including phenoxy) is 1. The monoisotopic (exact) mass is 402 g/mol. The fourth-order valence-corrected chi connectivity index (χ4v) is 3.22. The molecular formula is C17H17F3N2O4S. The lowest BCUT2D eigenvalue weighted by Crippen LogP contribution is -2.33. The summed E-state index contributed by atoms with van der Waals surface area (Å²) < 4.78 is 66.7. The van der Waals surface area contributed by atoms with Gasteiger partial charge in [-0.1, -0.05) is 18.2 Å². The molecule has 6 nitrogen and oxygen atoms in total. The van der Waals surface area contributed by atoms with E-state index < -0.39 is 22.7 Å². The fraction of sp³-hybridized carbons (Fsp3) is 0.235. The van der Waals surface area contributed by atoms with Gasteiger partial charge < -0.3 is 10.1 Å². The first-order valence-electron chi connectivity index (χ1n) is 7.69. The standard InChI is InChI=1S/C17H17F3N2O4S/c1-26-15-5-3-2-4-12(15)10-16(23)22-13-6-8-14(9-7-13)27(24,25)21-11-17(18,19)20/h2-9,21H,10-11H2,1H3,(H,22,23). The summed E-state index contributed by atoms with van der Waals surface area (Å²) in [7, 11) is -2.81. The molecule has 0 aliphatic carbocycles. The van der Waals surface area contributed by atoms with Crippen LogP contribution < -0.4 is 14.8 Å². The summed E-state index contributed by atoms with van der Waals surface area (Å²) in [4.78, 5) is 11.8. The molecule has 0 atom stereocenters. The van der Waals surface area contributed by atoms with Gasteiger partial charge in [0.05, 0.1) is 18.4 Å². The molecule has 1 amide bonds. The second-order valence-corrected chi connectivity index (χ2v) is 7.27.